The highest BCUT2D eigenvalue weighted by Gasteiger charge is 2.38. The monoisotopic (exact) mass is 281 g/mol. The molecular weight excluding hydrogens is 258 g/mol. The maximum Gasteiger partial charge on any atom is 0.208 e. The van der Waals surface area contributed by atoms with Crippen molar-refractivity contribution in [3.63, 3.8) is 0 Å². The van der Waals surface area contributed by atoms with Gasteiger partial charge in [-0.1, -0.05) is 32.1 Å². The van der Waals surface area contributed by atoms with Crippen LogP contribution in [0.3, 0.4) is 0 Å². The zero-order chi connectivity index (χ0) is 13.6. The molecule has 1 aliphatic heterocycles. The molecule has 1 saturated carbocycles. The molecule has 1 aliphatic carbocycles. The van der Waals surface area contributed by atoms with E-state index in [0.29, 0.717) is 12.2 Å². The van der Waals surface area contributed by atoms with Crippen molar-refractivity contribution in [3.8, 4) is 0 Å². The Labute approximate surface area is 119 Å². The topological polar surface area (TPSA) is 38.2 Å². The van der Waals surface area contributed by atoms with Crippen molar-refractivity contribution in [1.82, 2.24) is 10.2 Å². The predicted molar refractivity (Wildman–Crippen MR) is 77.9 cm³/mol. The molecule has 3 rings (SSSR count). The fraction of sp³-hybridized carbons (Fsp3) is 0.857. The number of ether oxygens (including phenoxy) is 1. The lowest BCUT2D eigenvalue weighted by Crippen LogP contribution is -2.47. The van der Waals surface area contributed by atoms with Gasteiger partial charge in [-0.3, -0.25) is 0 Å². The Morgan fingerprint density at radius 1 is 1.21 bits per heavy atom. The predicted octanol–water partition coefficient (Wildman–Crippen LogP) is 2.84. The van der Waals surface area contributed by atoms with Gasteiger partial charge in [0, 0.05) is 18.5 Å². The van der Waals surface area contributed by atoms with Crippen molar-refractivity contribution in [2.24, 2.45) is 5.92 Å². The minimum absolute atomic E-state index is 0.0870. The second-order valence-corrected chi connectivity index (χ2v) is 7.82. The van der Waals surface area contributed by atoms with Gasteiger partial charge < -0.3 is 9.64 Å². The van der Waals surface area contributed by atoms with E-state index >= 15 is 0 Å². The van der Waals surface area contributed by atoms with Crippen molar-refractivity contribution < 1.29 is 4.74 Å². The fourth-order valence-corrected chi connectivity index (χ4v) is 3.44. The van der Waals surface area contributed by atoms with Gasteiger partial charge in [-0.15, -0.1) is 10.2 Å². The number of hydrogen-bond acceptors (Lipinski definition) is 5. The van der Waals surface area contributed by atoms with Crippen LogP contribution in [0.4, 0.5) is 5.13 Å². The van der Waals surface area contributed by atoms with E-state index in [1.54, 1.807) is 11.3 Å². The zero-order valence-electron chi connectivity index (χ0n) is 12.2. The Morgan fingerprint density at radius 2 is 1.95 bits per heavy atom. The largest absolute Gasteiger partial charge is 0.371 e. The molecule has 0 spiro atoms. The van der Waals surface area contributed by atoms with E-state index in [-0.39, 0.29) is 5.41 Å². The van der Waals surface area contributed by atoms with Crippen molar-refractivity contribution >= 4 is 16.5 Å². The Hall–Kier alpha value is -0.680. The third-order valence-electron chi connectivity index (χ3n) is 3.76. The number of nitrogens with zero attached hydrogens (tertiary/aromatic N) is 3. The van der Waals surface area contributed by atoms with Crippen LogP contribution in [0.25, 0.3) is 0 Å². The lowest BCUT2D eigenvalue weighted by molar-refractivity contribution is -0.0271. The Morgan fingerprint density at radius 3 is 2.53 bits per heavy atom. The summed E-state index contributed by atoms with van der Waals surface area (Å²) in [6.07, 6.45) is 3.34. The van der Waals surface area contributed by atoms with E-state index in [9.17, 15) is 0 Å². The quantitative estimate of drug-likeness (QED) is 0.835. The van der Waals surface area contributed by atoms with E-state index in [1.807, 2.05) is 0 Å². The summed E-state index contributed by atoms with van der Waals surface area (Å²) in [5, 5.41) is 10.9. The van der Waals surface area contributed by atoms with Crippen LogP contribution in [0, 0.1) is 5.92 Å². The van der Waals surface area contributed by atoms with Gasteiger partial charge in [-0.05, 0) is 25.7 Å². The molecule has 1 saturated heterocycles. The van der Waals surface area contributed by atoms with Gasteiger partial charge in [0.05, 0.1) is 12.2 Å². The number of morpholine rings is 1. The fourth-order valence-electron chi connectivity index (χ4n) is 2.52. The minimum Gasteiger partial charge on any atom is -0.371 e. The Bertz CT molecular complexity index is 450. The summed E-state index contributed by atoms with van der Waals surface area (Å²) >= 11 is 1.73. The molecule has 0 aromatic carbocycles. The van der Waals surface area contributed by atoms with Crippen LogP contribution in [-0.2, 0) is 10.2 Å². The van der Waals surface area contributed by atoms with Gasteiger partial charge >= 0.3 is 0 Å². The Kier molecular flexibility index (Phi) is 3.29. The summed E-state index contributed by atoms with van der Waals surface area (Å²) in [6.45, 7) is 10.6. The van der Waals surface area contributed by atoms with Crippen molar-refractivity contribution in [3.05, 3.63) is 5.01 Å². The highest BCUT2D eigenvalue weighted by Crippen LogP contribution is 2.38. The first kappa shape index (κ1) is 13.3. The molecule has 106 valence electrons. The van der Waals surface area contributed by atoms with Gasteiger partial charge in [0.15, 0.2) is 0 Å². The van der Waals surface area contributed by atoms with Gasteiger partial charge in [0.1, 0.15) is 5.01 Å². The molecule has 5 heteroatoms. The third-order valence-corrected chi connectivity index (χ3v) is 5.17. The maximum atomic E-state index is 6.05. The summed E-state index contributed by atoms with van der Waals surface area (Å²) in [6, 6.07) is 0. The van der Waals surface area contributed by atoms with E-state index < -0.39 is 0 Å². The molecule has 2 aliphatic rings. The summed E-state index contributed by atoms with van der Waals surface area (Å²) in [5.74, 6) is 0.778. The smallest absolute Gasteiger partial charge is 0.208 e. The van der Waals surface area contributed by atoms with Crippen LogP contribution < -0.4 is 4.90 Å². The number of anilines is 1. The number of aromatic nitrogens is 2. The van der Waals surface area contributed by atoms with E-state index in [4.69, 9.17) is 4.74 Å². The average molecular weight is 281 g/mol. The first-order chi connectivity index (χ1) is 8.93. The van der Waals surface area contributed by atoms with Gasteiger partial charge in [0.2, 0.25) is 5.13 Å². The molecule has 1 aromatic heterocycles. The molecule has 2 atom stereocenters. The van der Waals surface area contributed by atoms with Gasteiger partial charge in [0.25, 0.3) is 0 Å². The maximum absolute atomic E-state index is 6.05. The van der Waals surface area contributed by atoms with Crippen LogP contribution >= 0.6 is 11.3 Å². The van der Waals surface area contributed by atoms with Crippen molar-refractivity contribution in [2.75, 3.05) is 18.0 Å². The van der Waals surface area contributed by atoms with Crippen molar-refractivity contribution in [2.45, 2.75) is 58.2 Å². The highest BCUT2D eigenvalue weighted by molar-refractivity contribution is 7.15. The number of rotatable bonds is 2. The van der Waals surface area contributed by atoms with Crippen LogP contribution in [0.15, 0.2) is 0 Å². The molecule has 19 heavy (non-hydrogen) atoms. The van der Waals surface area contributed by atoms with Gasteiger partial charge in [-0.25, -0.2) is 0 Å². The average Bonchev–Trinajstić information content (AvgIpc) is 3.03. The molecule has 0 N–H and O–H groups in total. The highest BCUT2D eigenvalue weighted by atomic mass is 32.1. The summed E-state index contributed by atoms with van der Waals surface area (Å²) in [4.78, 5) is 2.37. The lowest BCUT2D eigenvalue weighted by Gasteiger charge is -2.36. The minimum atomic E-state index is 0.0870. The first-order valence-electron chi connectivity index (χ1n) is 7.18. The van der Waals surface area contributed by atoms with Crippen LogP contribution in [-0.4, -0.2) is 35.5 Å². The second kappa shape index (κ2) is 4.70. The number of hydrogen-bond donors (Lipinski definition) is 0. The van der Waals surface area contributed by atoms with Crippen molar-refractivity contribution in [1.29, 1.82) is 0 Å². The molecule has 0 amide bonds. The van der Waals surface area contributed by atoms with Gasteiger partial charge in [-0.2, -0.15) is 0 Å². The molecule has 0 bridgehead atoms. The third kappa shape index (κ3) is 2.92. The molecular formula is C14H23N3OS. The lowest BCUT2D eigenvalue weighted by atomic mass is 9.98. The van der Waals surface area contributed by atoms with E-state index in [0.717, 1.165) is 29.1 Å². The van der Waals surface area contributed by atoms with Crippen LogP contribution in [0.5, 0.6) is 0 Å². The molecule has 2 unspecified atom stereocenters. The molecule has 2 fully saturated rings. The summed E-state index contributed by atoms with van der Waals surface area (Å²) in [5.41, 5.74) is 0.0870. The first-order valence-corrected chi connectivity index (χ1v) is 7.99. The molecule has 2 heterocycles. The molecule has 0 radical (unpaired) electrons. The second-order valence-electron chi connectivity index (χ2n) is 6.87. The SMILES string of the molecule is CC1CN(c2nnc(C(C)(C)C)s2)CC(C2CC2)O1. The van der Waals surface area contributed by atoms with Crippen LogP contribution in [0.1, 0.15) is 45.5 Å². The Balaban J connectivity index is 1.75. The van der Waals surface area contributed by atoms with Crippen LogP contribution in [0.2, 0.25) is 0 Å². The standard InChI is InChI=1S/C14H23N3OS/c1-9-7-17(8-11(18-9)10-5-6-10)13-16-15-12(19-13)14(2,3)4/h9-11H,5-8H2,1-4H3. The van der Waals surface area contributed by atoms with E-state index in [1.165, 1.54) is 12.8 Å². The summed E-state index contributed by atoms with van der Waals surface area (Å²) in [7, 11) is 0. The van der Waals surface area contributed by atoms with E-state index in [2.05, 4.69) is 42.8 Å². The molecule has 4 nitrogen and oxygen atoms in total. The zero-order valence-corrected chi connectivity index (χ0v) is 13.0. The summed E-state index contributed by atoms with van der Waals surface area (Å²) < 4.78 is 6.05. The molecule has 1 aromatic rings. The normalized spacial score (nSPS) is 28.7.